The summed E-state index contributed by atoms with van der Waals surface area (Å²) in [6.45, 7) is 4.43. The first-order valence-corrected chi connectivity index (χ1v) is 6.94. The second-order valence-corrected chi connectivity index (χ2v) is 4.90. The Balaban J connectivity index is 2.15. The molecule has 2 heterocycles. The van der Waals surface area contributed by atoms with Crippen LogP contribution < -0.4 is 5.73 Å². The van der Waals surface area contributed by atoms with Crippen LogP contribution in [0.5, 0.6) is 0 Å². The summed E-state index contributed by atoms with van der Waals surface area (Å²) in [6.07, 6.45) is 6.30. The van der Waals surface area contributed by atoms with Gasteiger partial charge in [0.1, 0.15) is 5.69 Å². The Morgan fingerprint density at radius 3 is 3.06 bits per heavy atom. The van der Waals surface area contributed by atoms with E-state index in [1.165, 1.54) is 6.42 Å². The van der Waals surface area contributed by atoms with Crippen LogP contribution >= 0.6 is 0 Å². The first-order chi connectivity index (χ1) is 8.77. The van der Waals surface area contributed by atoms with Crippen molar-refractivity contribution in [1.29, 1.82) is 0 Å². The number of carbonyl (C=O) groups is 1. The molecule has 1 aromatic rings. The maximum atomic E-state index is 12.6. The molecule has 0 radical (unpaired) electrons. The van der Waals surface area contributed by atoms with Crippen molar-refractivity contribution in [3.63, 3.8) is 0 Å². The number of rotatable bonds is 4. The van der Waals surface area contributed by atoms with Gasteiger partial charge >= 0.3 is 0 Å². The van der Waals surface area contributed by atoms with Gasteiger partial charge in [-0.25, -0.2) is 0 Å². The van der Waals surface area contributed by atoms with Gasteiger partial charge in [-0.2, -0.15) is 0 Å². The van der Waals surface area contributed by atoms with Crippen molar-refractivity contribution in [3.8, 4) is 0 Å². The molecule has 0 spiro atoms. The van der Waals surface area contributed by atoms with Gasteiger partial charge < -0.3 is 15.2 Å². The molecule has 1 aromatic heterocycles. The van der Waals surface area contributed by atoms with Gasteiger partial charge in [0, 0.05) is 25.3 Å². The number of amides is 1. The fourth-order valence-electron chi connectivity index (χ4n) is 2.79. The summed E-state index contributed by atoms with van der Waals surface area (Å²) >= 11 is 0. The highest BCUT2D eigenvalue weighted by atomic mass is 16.2. The van der Waals surface area contributed by atoms with Crippen LogP contribution in [0.3, 0.4) is 0 Å². The summed E-state index contributed by atoms with van der Waals surface area (Å²) in [5, 5.41) is 0. The average Bonchev–Trinajstić information content (AvgIpc) is 2.87. The summed E-state index contributed by atoms with van der Waals surface area (Å²) in [6, 6.07) is 4.19. The predicted octanol–water partition coefficient (Wildman–Crippen LogP) is 1.85. The lowest BCUT2D eigenvalue weighted by atomic mass is 9.99. The minimum Gasteiger partial charge on any atom is -0.344 e. The maximum Gasteiger partial charge on any atom is 0.270 e. The van der Waals surface area contributed by atoms with E-state index in [0.29, 0.717) is 12.6 Å². The molecule has 18 heavy (non-hydrogen) atoms. The minimum absolute atomic E-state index is 0.167. The van der Waals surface area contributed by atoms with Gasteiger partial charge in [0.25, 0.3) is 5.91 Å². The van der Waals surface area contributed by atoms with Gasteiger partial charge in [0.05, 0.1) is 0 Å². The normalized spacial score (nSPS) is 20.1. The van der Waals surface area contributed by atoms with Crippen LogP contribution in [0, 0.1) is 0 Å². The van der Waals surface area contributed by atoms with Crippen LogP contribution in [0.25, 0.3) is 0 Å². The number of nitrogens with two attached hydrogens (primary N) is 1. The third-order valence-electron chi connectivity index (χ3n) is 3.78. The van der Waals surface area contributed by atoms with Gasteiger partial charge in [-0.15, -0.1) is 0 Å². The molecule has 100 valence electrons. The molecule has 1 atom stereocenters. The number of hydrogen-bond donors (Lipinski definition) is 1. The largest absolute Gasteiger partial charge is 0.344 e. The van der Waals surface area contributed by atoms with Crippen LogP contribution in [0.2, 0.25) is 0 Å². The zero-order valence-electron chi connectivity index (χ0n) is 11.1. The number of nitrogens with zero attached hydrogens (tertiary/aromatic N) is 2. The average molecular weight is 249 g/mol. The third kappa shape index (κ3) is 2.58. The van der Waals surface area contributed by atoms with Gasteiger partial charge in [0.2, 0.25) is 0 Å². The SMILES string of the molecule is CCn1cccc1C(=O)N1CCCCC1CCN. The number of aromatic nitrogens is 1. The summed E-state index contributed by atoms with van der Waals surface area (Å²) in [4.78, 5) is 14.6. The molecule has 0 aliphatic carbocycles. The Kier molecular flexibility index (Phi) is 4.42. The maximum absolute atomic E-state index is 12.6. The molecule has 1 saturated heterocycles. The molecule has 0 bridgehead atoms. The number of carbonyl (C=O) groups excluding carboxylic acids is 1. The summed E-state index contributed by atoms with van der Waals surface area (Å²) in [5.74, 6) is 0.167. The second-order valence-electron chi connectivity index (χ2n) is 4.90. The fraction of sp³-hybridized carbons (Fsp3) is 0.643. The monoisotopic (exact) mass is 249 g/mol. The van der Waals surface area contributed by atoms with E-state index in [0.717, 1.165) is 38.0 Å². The standard InChI is InChI=1S/C14H23N3O/c1-2-16-10-5-7-13(16)14(18)17-11-4-3-6-12(17)8-9-15/h5,7,10,12H,2-4,6,8-9,11,15H2,1H3. The van der Waals surface area contributed by atoms with Crippen molar-refractivity contribution in [2.24, 2.45) is 5.73 Å². The lowest BCUT2D eigenvalue weighted by Gasteiger charge is -2.35. The molecule has 1 unspecified atom stereocenters. The molecule has 1 fully saturated rings. The number of likely N-dealkylation sites (tertiary alicyclic amines) is 1. The highest BCUT2D eigenvalue weighted by Gasteiger charge is 2.27. The lowest BCUT2D eigenvalue weighted by Crippen LogP contribution is -2.45. The summed E-state index contributed by atoms with van der Waals surface area (Å²) in [5.41, 5.74) is 6.46. The molecule has 2 rings (SSSR count). The van der Waals surface area contributed by atoms with Gasteiger partial charge in [-0.1, -0.05) is 0 Å². The molecule has 0 saturated carbocycles. The number of aryl methyl sites for hydroxylation is 1. The molecule has 0 aromatic carbocycles. The fourth-order valence-corrected chi connectivity index (χ4v) is 2.79. The lowest BCUT2D eigenvalue weighted by molar-refractivity contribution is 0.0594. The van der Waals surface area contributed by atoms with Crippen LogP contribution in [0.15, 0.2) is 18.3 Å². The molecule has 2 N–H and O–H groups in total. The van der Waals surface area contributed by atoms with Crippen molar-refractivity contribution in [3.05, 3.63) is 24.0 Å². The molecule has 1 aliphatic rings. The highest BCUT2D eigenvalue weighted by Crippen LogP contribution is 2.21. The van der Waals surface area contributed by atoms with Gasteiger partial charge in [-0.05, 0) is 51.3 Å². The Hall–Kier alpha value is -1.29. The van der Waals surface area contributed by atoms with Crippen molar-refractivity contribution < 1.29 is 4.79 Å². The van der Waals surface area contributed by atoms with Gasteiger partial charge in [0.15, 0.2) is 0 Å². The Bertz CT molecular complexity index is 397. The van der Waals surface area contributed by atoms with E-state index in [2.05, 4.69) is 6.92 Å². The molecule has 4 nitrogen and oxygen atoms in total. The van der Waals surface area contributed by atoms with Crippen molar-refractivity contribution in [1.82, 2.24) is 9.47 Å². The Morgan fingerprint density at radius 1 is 1.50 bits per heavy atom. The van der Waals surface area contributed by atoms with Crippen LogP contribution in [0.4, 0.5) is 0 Å². The van der Waals surface area contributed by atoms with E-state index in [9.17, 15) is 4.79 Å². The second kappa shape index (κ2) is 6.05. The molecular weight excluding hydrogens is 226 g/mol. The van der Waals surface area contributed by atoms with Crippen LogP contribution in [-0.2, 0) is 6.54 Å². The van der Waals surface area contributed by atoms with Crippen molar-refractivity contribution >= 4 is 5.91 Å². The molecular formula is C14H23N3O. The smallest absolute Gasteiger partial charge is 0.270 e. The Morgan fingerprint density at radius 2 is 2.33 bits per heavy atom. The van der Waals surface area contributed by atoms with Gasteiger partial charge in [-0.3, -0.25) is 4.79 Å². The quantitative estimate of drug-likeness (QED) is 0.885. The van der Waals surface area contributed by atoms with E-state index >= 15 is 0 Å². The Labute approximate surface area is 109 Å². The summed E-state index contributed by atoms with van der Waals surface area (Å²) < 4.78 is 2.01. The number of piperidine rings is 1. The van der Waals surface area contributed by atoms with E-state index < -0.39 is 0 Å². The van der Waals surface area contributed by atoms with E-state index in [1.807, 2.05) is 27.8 Å². The highest BCUT2D eigenvalue weighted by molar-refractivity contribution is 5.93. The van der Waals surface area contributed by atoms with E-state index in [4.69, 9.17) is 5.73 Å². The zero-order valence-corrected chi connectivity index (χ0v) is 11.1. The van der Waals surface area contributed by atoms with Crippen LogP contribution in [0.1, 0.15) is 43.1 Å². The van der Waals surface area contributed by atoms with E-state index in [-0.39, 0.29) is 5.91 Å². The first-order valence-electron chi connectivity index (χ1n) is 6.94. The molecule has 4 heteroatoms. The number of hydrogen-bond acceptors (Lipinski definition) is 2. The zero-order chi connectivity index (χ0) is 13.0. The van der Waals surface area contributed by atoms with Crippen LogP contribution in [-0.4, -0.2) is 34.5 Å². The third-order valence-corrected chi connectivity index (χ3v) is 3.78. The minimum atomic E-state index is 0.167. The van der Waals surface area contributed by atoms with Crippen molar-refractivity contribution in [2.75, 3.05) is 13.1 Å². The van der Waals surface area contributed by atoms with Crippen molar-refractivity contribution in [2.45, 2.75) is 45.2 Å². The first kappa shape index (κ1) is 13.1. The predicted molar refractivity (Wildman–Crippen MR) is 72.5 cm³/mol. The van der Waals surface area contributed by atoms with E-state index in [1.54, 1.807) is 0 Å². The molecule has 1 amide bonds. The topological polar surface area (TPSA) is 51.3 Å². The summed E-state index contributed by atoms with van der Waals surface area (Å²) in [7, 11) is 0. The molecule has 1 aliphatic heterocycles.